The summed E-state index contributed by atoms with van der Waals surface area (Å²) < 4.78 is 15.9. The van der Waals surface area contributed by atoms with E-state index in [4.69, 9.17) is 5.10 Å². The Morgan fingerprint density at radius 3 is 2.91 bits per heavy atom. The third-order valence-corrected chi connectivity index (χ3v) is 5.29. The highest BCUT2D eigenvalue weighted by atomic mass is 19.1. The number of halogens is 1. The summed E-state index contributed by atoms with van der Waals surface area (Å²) in [6.45, 7) is 0. The Balaban J connectivity index is 1.71. The molecule has 2 atom stereocenters. The number of benzene rings is 1. The van der Waals surface area contributed by atoms with Crippen LogP contribution in [0, 0.1) is 5.82 Å². The highest BCUT2D eigenvalue weighted by molar-refractivity contribution is 5.66. The van der Waals surface area contributed by atoms with E-state index in [0.29, 0.717) is 18.1 Å². The number of nitrogens with one attached hydrogen (secondary N) is 1. The number of hydrogen-bond acceptors (Lipinski definition) is 2. The Morgan fingerprint density at radius 1 is 1.18 bits per heavy atom. The first-order valence-corrected chi connectivity index (χ1v) is 8.43. The Labute approximate surface area is 129 Å². The summed E-state index contributed by atoms with van der Waals surface area (Å²) in [5, 5.41) is 8.69. The van der Waals surface area contributed by atoms with Gasteiger partial charge in [-0.2, -0.15) is 5.10 Å². The van der Waals surface area contributed by atoms with Gasteiger partial charge in [-0.05, 0) is 50.7 Å². The van der Waals surface area contributed by atoms with Crippen molar-refractivity contribution < 1.29 is 4.39 Å². The minimum Gasteiger partial charge on any atom is -0.305 e. The minimum atomic E-state index is -0.163. The Hall–Kier alpha value is -1.68. The molecule has 3 nitrogen and oxygen atoms in total. The van der Waals surface area contributed by atoms with Gasteiger partial charge in [-0.1, -0.05) is 12.1 Å². The molecule has 2 fully saturated rings. The molecule has 0 amide bonds. The molecule has 1 N–H and O–H groups in total. The number of hydrogen-bond donors (Lipinski definition) is 1. The largest absolute Gasteiger partial charge is 0.305 e. The van der Waals surface area contributed by atoms with Gasteiger partial charge in [0, 0.05) is 17.2 Å². The maximum absolute atomic E-state index is 13.7. The molecule has 1 saturated heterocycles. The smallest absolute Gasteiger partial charge is 0.123 e. The zero-order valence-electron chi connectivity index (χ0n) is 12.6. The first-order chi connectivity index (χ1) is 10.8. The van der Waals surface area contributed by atoms with Gasteiger partial charge in [0.1, 0.15) is 5.82 Å². The van der Waals surface area contributed by atoms with Crippen molar-refractivity contribution in [2.24, 2.45) is 0 Å². The summed E-state index contributed by atoms with van der Waals surface area (Å²) in [4.78, 5) is 0. The standard InChI is InChI=1S/C18H20FN3/c19-12-4-1-3-11(9-12)18-15-10-13-5-2-6-16(20-13)17(15)21-22(18)14-7-8-14/h1,3-4,9,13-14,16,20H,2,5-8,10H2/t13-,16+/m1/s1. The van der Waals surface area contributed by atoms with E-state index < -0.39 is 0 Å². The average molecular weight is 297 g/mol. The van der Waals surface area contributed by atoms with Crippen LogP contribution in [0.1, 0.15) is 55.4 Å². The van der Waals surface area contributed by atoms with Gasteiger partial charge < -0.3 is 5.32 Å². The van der Waals surface area contributed by atoms with E-state index in [2.05, 4.69) is 10.00 Å². The molecule has 4 heteroatoms. The first-order valence-electron chi connectivity index (χ1n) is 8.43. The summed E-state index contributed by atoms with van der Waals surface area (Å²) in [5.41, 5.74) is 4.75. The molecule has 3 aliphatic rings. The van der Waals surface area contributed by atoms with Crippen LogP contribution in [0.25, 0.3) is 11.3 Å². The van der Waals surface area contributed by atoms with Crippen molar-refractivity contribution >= 4 is 0 Å². The van der Waals surface area contributed by atoms with Crippen LogP contribution < -0.4 is 5.32 Å². The van der Waals surface area contributed by atoms with Gasteiger partial charge in [0.2, 0.25) is 0 Å². The molecule has 1 aromatic heterocycles. The SMILES string of the molecule is Fc1cccc(-c2c3c(nn2C2CC2)[C@@H]2CCC[C@H](C3)N2)c1. The van der Waals surface area contributed by atoms with E-state index in [0.717, 1.165) is 12.0 Å². The minimum absolute atomic E-state index is 0.163. The van der Waals surface area contributed by atoms with Crippen LogP contribution >= 0.6 is 0 Å². The lowest BCUT2D eigenvalue weighted by Crippen LogP contribution is -2.42. The lowest BCUT2D eigenvalue weighted by atomic mass is 9.84. The van der Waals surface area contributed by atoms with Gasteiger partial charge in [0.25, 0.3) is 0 Å². The number of fused-ring (bicyclic) bond motifs is 4. The molecule has 22 heavy (non-hydrogen) atoms. The maximum atomic E-state index is 13.7. The fourth-order valence-electron chi connectivity index (χ4n) is 4.14. The monoisotopic (exact) mass is 297 g/mol. The van der Waals surface area contributed by atoms with E-state index in [1.54, 1.807) is 6.07 Å². The van der Waals surface area contributed by atoms with Crippen LogP contribution in [-0.2, 0) is 6.42 Å². The van der Waals surface area contributed by atoms with Crippen LogP contribution in [0.3, 0.4) is 0 Å². The van der Waals surface area contributed by atoms with Gasteiger partial charge >= 0.3 is 0 Å². The topological polar surface area (TPSA) is 29.9 Å². The van der Waals surface area contributed by atoms with Crippen molar-refractivity contribution in [2.45, 2.75) is 56.7 Å². The van der Waals surface area contributed by atoms with E-state index in [1.807, 2.05) is 12.1 Å². The fraction of sp³-hybridized carbons (Fsp3) is 0.500. The van der Waals surface area contributed by atoms with Crippen LogP contribution in [0.4, 0.5) is 4.39 Å². The second kappa shape index (κ2) is 4.66. The van der Waals surface area contributed by atoms with Crippen molar-refractivity contribution in [3.8, 4) is 11.3 Å². The first kappa shape index (κ1) is 12.8. The van der Waals surface area contributed by atoms with Crippen LogP contribution in [0.15, 0.2) is 24.3 Å². The quantitative estimate of drug-likeness (QED) is 0.914. The second-order valence-corrected chi connectivity index (χ2v) is 6.95. The Morgan fingerprint density at radius 2 is 2.09 bits per heavy atom. The van der Waals surface area contributed by atoms with Gasteiger partial charge in [-0.15, -0.1) is 0 Å². The number of nitrogens with zero attached hydrogens (tertiary/aromatic N) is 2. The van der Waals surface area contributed by atoms with Crippen molar-refractivity contribution in [3.05, 3.63) is 41.3 Å². The molecule has 2 aliphatic heterocycles. The molecule has 114 valence electrons. The van der Waals surface area contributed by atoms with Gasteiger partial charge in [-0.3, -0.25) is 4.68 Å². The Bertz CT molecular complexity index is 732. The van der Waals surface area contributed by atoms with Gasteiger partial charge in [0.05, 0.1) is 23.5 Å². The zero-order chi connectivity index (χ0) is 14.7. The third kappa shape index (κ3) is 1.93. The average Bonchev–Trinajstić information content (AvgIpc) is 3.29. The molecule has 1 aliphatic carbocycles. The summed E-state index contributed by atoms with van der Waals surface area (Å²) in [7, 11) is 0. The molecular formula is C18H20FN3. The van der Waals surface area contributed by atoms with E-state index >= 15 is 0 Å². The fourth-order valence-corrected chi connectivity index (χ4v) is 4.14. The third-order valence-electron chi connectivity index (χ3n) is 5.29. The Kier molecular flexibility index (Phi) is 2.71. The summed E-state index contributed by atoms with van der Waals surface area (Å²) in [5.74, 6) is -0.163. The van der Waals surface area contributed by atoms with Gasteiger partial charge in [-0.25, -0.2) is 4.39 Å². The normalized spacial score (nSPS) is 26.8. The second-order valence-electron chi connectivity index (χ2n) is 6.95. The number of piperidine rings is 1. The van der Waals surface area contributed by atoms with Crippen molar-refractivity contribution in [1.82, 2.24) is 15.1 Å². The number of aromatic nitrogens is 2. The molecule has 0 spiro atoms. The predicted molar refractivity (Wildman–Crippen MR) is 83.1 cm³/mol. The molecule has 0 radical (unpaired) electrons. The van der Waals surface area contributed by atoms with Crippen molar-refractivity contribution in [3.63, 3.8) is 0 Å². The predicted octanol–water partition coefficient (Wildman–Crippen LogP) is 3.76. The molecule has 1 aromatic carbocycles. The molecular weight excluding hydrogens is 277 g/mol. The van der Waals surface area contributed by atoms with Crippen molar-refractivity contribution in [2.75, 3.05) is 0 Å². The molecule has 0 unspecified atom stereocenters. The summed E-state index contributed by atoms with van der Waals surface area (Å²) in [6, 6.07) is 8.49. The molecule has 1 saturated carbocycles. The van der Waals surface area contributed by atoms with Crippen LogP contribution in [0.2, 0.25) is 0 Å². The molecule has 5 rings (SSSR count). The molecule has 3 heterocycles. The summed E-state index contributed by atoms with van der Waals surface area (Å²) >= 11 is 0. The van der Waals surface area contributed by atoms with Crippen molar-refractivity contribution in [1.29, 1.82) is 0 Å². The zero-order valence-corrected chi connectivity index (χ0v) is 12.6. The summed E-state index contributed by atoms with van der Waals surface area (Å²) in [6.07, 6.45) is 7.13. The lowest BCUT2D eigenvalue weighted by Gasteiger charge is -2.35. The molecule has 2 bridgehead atoms. The highest BCUT2D eigenvalue weighted by Gasteiger charge is 2.38. The van der Waals surface area contributed by atoms with E-state index in [9.17, 15) is 4.39 Å². The maximum Gasteiger partial charge on any atom is 0.123 e. The van der Waals surface area contributed by atoms with Gasteiger partial charge in [0.15, 0.2) is 0 Å². The lowest BCUT2D eigenvalue weighted by molar-refractivity contribution is 0.297. The number of rotatable bonds is 2. The molecule has 2 aromatic rings. The van der Waals surface area contributed by atoms with Crippen LogP contribution in [0.5, 0.6) is 0 Å². The highest BCUT2D eigenvalue weighted by Crippen LogP contribution is 2.44. The van der Waals surface area contributed by atoms with E-state index in [1.165, 1.54) is 55.1 Å². The van der Waals surface area contributed by atoms with Crippen LogP contribution in [-0.4, -0.2) is 15.8 Å². The van der Waals surface area contributed by atoms with E-state index in [-0.39, 0.29) is 5.82 Å².